The van der Waals surface area contributed by atoms with E-state index in [0.717, 1.165) is 18.4 Å². The van der Waals surface area contributed by atoms with Crippen molar-refractivity contribution in [3.63, 3.8) is 0 Å². The molecule has 2 aliphatic heterocycles. The SMILES string of the molecule is C=CC(=O)N1CCC[C@H]1Cn1nc(C2CCOc3cc(F)ccc3C2)c(C(N)=O)c1N. The van der Waals surface area contributed by atoms with Gasteiger partial charge < -0.3 is 21.1 Å². The topological polar surface area (TPSA) is 116 Å². The summed E-state index contributed by atoms with van der Waals surface area (Å²) >= 11 is 0. The van der Waals surface area contributed by atoms with E-state index in [-0.39, 0.29) is 35.1 Å². The number of hydrogen-bond donors (Lipinski definition) is 2. The van der Waals surface area contributed by atoms with Gasteiger partial charge in [-0.2, -0.15) is 5.10 Å². The first-order valence-corrected chi connectivity index (χ1v) is 10.4. The predicted octanol–water partition coefficient (Wildman–Crippen LogP) is 1.99. The van der Waals surface area contributed by atoms with Crippen molar-refractivity contribution in [3.8, 4) is 5.75 Å². The highest BCUT2D eigenvalue weighted by molar-refractivity contribution is 5.98. The van der Waals surface area contributed by atoms with Crippen LogP contribution in [-0.2, 0) is 17.8 Å². The fraction of sp³-hybridized carbons (Fsp3) is 0.409. The van der Waals surface area contributed by atoms with Gasteiger partial charge in [0.25, 0.3) is 5.91 Å². The zero-order chi connectivity index (χ0) is 22.1. The van der Waals surface area contributed by atoms with Crippen LogP contribution in [0.1, 0.15) is 46.8 Å². The molecule has 31 heavy (non-hydrogen) atoms. The van der Waals surface area contributed by atoms with E-state index in [9.17, 15) is 14.0 Å². The van der Waals surface area contributed by atoms with Crippen LogP contribution in [0.4, 0.5) is 10.2 Å². The van der Waals surface area contributed by atoms with E-state index in [2.05, 4.69) is 11.7 Å². The van der Waals surface area contributed by atoms with Gasteiger partial charge in [0.1, 0.15) is 22.9 Å². The molecule has 2 amide bonds. The second-order valence-electron chi connectivity index (χ2n) is 8.01. The van der Waals surface area contributed by atoms with Crippen LogP contribution in [0.2, 0.25) is 0 Å². The molecule has 164 valence electrons. The summed E-state index contributed by atoms with van der Waals surface area (Å²) in [5.41, 5.74) is 13.5. The second-order valence-corrected chi connectivity index (χ2v) is 8.01. The molecule has 2 aliphatic rings. The Kier molecular flexibility index (Phi) is 5.67. The lowest BCUT2D eigenvalue weighted by molar-refractivity contribution is -0.127. The Morgan fingerprint density at radius 1 is 1.35 bits per heavy atom. The summed E-state index contributed by atoms with van der Waals surface area (Å²) in [5.74, 6) is -0.599. The van der Waals surface area contributed by atoms with Crippen molar-refractivity contribution < 1.29 is 18.7 Å². The van der Waals surface area contributed by atoms with Gasteiger partial charge in [0, 0.05) is 18.5 Å². The molecule has 9 heteroatoms. The number of primary amides is 1. The summed E-state index contributed by atoms with van der Waals surface area (Å²) in [6, 6.07) is 4.36. The molecule has 0 spiro atoms. The molecule has 1 unspecified atom stereocenters. The Balaban J connectivity index is 1.65. The van der Waals surface area contributed by atoms with Crippen LogP contribution in [-0.4, -0.2) is 45.7 Å². The third-order valence-corrected chi connectivity index (χ3v) is 6.09. The van der Waals surface area contributed by atoms with E-state index in [0.29, 0.717) is 44.0 Å². The molecule has 0 bridgehead atoms. The van der Waals surface area contributed by atoms with Crippen LogP contribution >= 0.6 is 0 Å². The van der Waals surface area contributed by atoms with Crippen LogP contribution in [0.15, 0.2) is 30.9 Å². The van der Waals surface area contributed by atoms with Gasteiger partial charge in [0.15, 0.2) is 0 Å². The van der Waals surface area contributed by atoms with Gasteiger partial charge in [-0.05, 0) is 43.4 Å². The van der Waals surface area contributed by atoms with Crippen LogP contribution in [0.5, 0.6) is 5.75 Å². The zero-order valence-electron chi connectivity index (χ0n) is 17.2. The molecule has 1 aromatic carbocycles. The number of aromatic nitrogens is 2. The molecular weight excluding hydrogens is 401 g/mol. The number of anilines is 1. The van der Waals surface area contributed by atoms with E-state index in [1.54, 1.807) is 15.6 Å². The standard InChI is InChI=1S/C22H26FN5O3/c1-2-18(29)27-8-3-4-16(27)12-28-21(24)19(22(25)30)20(26-28)14-7-9-31-17-11-15(23)6-5-13(17)10-14/h2,5-6,11,14,16H,1,3-4,7-10,12,24H2,(H2,25,30)/t14?,16-/m0/s1. The largest absolute Gasteiger partial charge is 0.493 e. The van der Waals surface area contributed by atoms with E-state index in [4.69, 9.17) is 16.2 Å². The number of nitrogen functional groups attached to an aromatic ring is 1. The maximum atomic E-state index is 13.6. The predicted molar refractivity (Wildman–Crippen MR) is 113 cm³/mol. The van der Waals surface area contributed by atoms with Crippen molar-refractivity contribution >= 4 is 17.6 Å². The summed E-state index contributed by atoms with van der Waals surface area (Å²) in [5, 5.41) is 4.67. The van der Waals surface area contributed by atoms with Crippen molar-refractivity contribution in [1.82, 2.24) is 14.7 Å². The normalized spacial score (nSPS) is 20.6. The van der Waals surface area contributed by atoms with Gasteiger partial charge in [-0.25, -0.2) is 9.07 Å². The number of carbonyl (C=O) groups is 2. The van der Waals surface area contributed by atoms with E-state index in [1.165, 1.54) is 18.2 Å². The van der Waals surface area contributed by atoms with Crippen LogP contribution < -0.4 is 16.2 Å². The molecule has 0 aliphatic carbocycles. The minimum Gasteiger partial charge on any atom is -0.493 e. The number of nitrogens with two attached hydrogens (primary N) is 2. The highest BCUT2D eigenvalue weighted by Gasteiger charge is 2.32. The van der Waals surface area contributed by atoms with Crippen LogP contribution in [0.3, 0.4) is 0 Å². The number of benzene rings is 1. The molecule has 8 nitrogen and oxygen atoms in total. The molecule has 4 N–H and O–H groups in total. The number of carbonyl (C=O) groups excluding carboxylic acids is 2. The number of likely N-dealkylation sites (tertiary alicyclic amines) is 1. The Morgan fingerprint density at radius 3 is 2.90 bits per heavy atom. The van der Waals surface area contributed by atoms with Crippen LogP contribution in [0, 0.1) is 5.82 Å². The Hall–Kier alpha value is -3.36. The molecule has 3 heterocycles. The summed E-state index contributed by atoms with van der Waals surface area (Å²) in [4.78, 5) is 26.2. The average molecular weight is 427 g/mol. The lowest BCUT2D eigenvalue weighted by Crippen LogP contribution is -2.37. The average Bonchev–Trinajstić information content (AvgIpc) is 3.26. The number of ether oxygens (including phenoxy) is 1. The highest BCUT2D eigenvalue weighted by Crippen LogP contribution is 2.35. The van der Waals surface area contributed by atoms with Crippen molar-refractivity contribution in [2.45, 2.75) is 44.2 Å². The number of rotatable bonds is 5. The highest BCUT2D eigenvalue weighted by atomic mass is 19.1. The fourth-order valence-corrected chi connectivity index (χ4v) is 4.55. The Labute approximate surface area is 179 Å². The van der Waals surface area contributed by atoms with Gasteiger partial charge in [0.05, 0.1) is 24.9 Å². The van der Waals surface area contributed by atoms with E-state index < -0.39 is 5.91 Å². The number of halogens is 1. The maximum absolute atomic E-state index is 13.6. The molecule has 1 fully saturated rings. The van der Waals surface area contributed by atoms with Crippen molar-refractivity contribution in [1.29, 1.82) is 0 Å². The van der Waals surface area contributed by atoms with Crippen molar-refractivity contribution in [2.24, 2.45) is 5.73 Å². The zero-order valence-corrected chi connectivity index (χ0v) is 17.2. The smallest absolute Gasteiger partial charge is 0.254 e. The number of amides is 2. The quantitative estimate of drug-likeness (QED) is 0.708. The molecular formula is C22H26FN5O3. The second kappa shape index (κ2) is 8.41. The van der Waals surface area contributed by atoms with Gasteiger partial charge in [-0.1, -0.05) is 12.6 Å². The van der Waals surface area contributed by atoms with Gasteiger partial charge in [-0.3, -0.25) is 9.59 Å². The lowest BCUT2D eigenvalue weighted by Gasteiger charge is -2.23. The minimum absolute atomic E-state index is 0.0811. The summed E-state index contributed by atoms with van der Waals surface area (Å²) < 4.78 is 20.9. The summed E-state index contributed by atoms with van der Waals surface area (Å²) in [6.45, 7) is 4.95. The third-order valence-electron chi connectivity index (χ3n) is 6.09. The summed E-state index contributed by atoms with van der Waals surface area (Å²) in [6.07, 6.45) is 4.11. The first-order valence-electron chi connectivity index (χ1n) is 10.4. The molecule has 4 rings (SSSR count). The van der Waals surface area contributed by atoms with Crippen molar-refractivity contribution in [2.75, 3.05) is 18.9 Å². The van der Waals surface area contributed by atoms with Crippen molar-refractivity contribution in [3.05, 3.63) is 53.5 Å². The maximum Gasteiger partial charge on any atom is 0.254 e. The molecule has 2 atom stereocenters. The first-order chi connectivity index (χ1) is 14.9. The lowest BCUT2D eigenvalue weighted by atomic mass is 9.91. The van der Waals surface area contributed by atoms with Gasteiger partial charge >= 0.3 is 0 Å². The summed E-state index contributed by atoms with van der Waals surface area (Å²) in [7, 11) is 0. The van der Waals surface area contributed by atoms with Gasteiger partial charge in [-0.15, -0.1) is 0 Å². The first kappa shape index (κ1) is 20.9. The molecule has 0 radical (unpaired) electrons. The Bertz CT molecular complexity index is 1030. The molecule has 1 aromatic heterocycles. The number of nitrogens with zero attached hydrogens (tertiary/aromatic N) is 3. The molecule has 0 saturated carbocycles. The van der Waals surface area contributed by atoms with E-state index >= 15 is 0 Å². The van der Waals surface area contributed by atoms with Crippen LogP contribution in [0.25, 0.3) is 0 Å². The fourth-order valence-electron chi connectivity index (χ4n) is 4.55. The van der Waals surface area contributed by atoms with E-state index in [1.807, 2.05) is 0 Å². The minimum atomic E-state index is -0.645. The number of hydrogen-bond acceptors (Lipinski definition) is 5. The molecule has 2 aromatic rings. The third kappa shape index (κ3) is 3.99. The number of fused-ring (bicyclic) bond motifs is 1. The molecule has 1 saturated heterocycles. The Morgan fingerprint density at radius 2 is 2.16 bits per heavy atom. The van der Waals surface area contributed by atoms with Gasteiger partial charge in [0.2, 0.25) is 5.91 Å². The monoisotopic (exact) mass is 427 g/mol.